The van der Waals surface area contributed by atoms with Gasteiger partial charge < -0.3 is 10.4 Å². The van der Waals surface area contributed by atoms with Gasteiger partial charge in [-0.3, -0.25) is 4.79 Å². The number of carbonyl (C=O) groups is 1. The maximum absolute atomic E-state index is 13.0. The van der Waals surface area contributed by atoms with Gasteiger partial charge in [0.25, 0.3) is 0 Å². The molecule has 1 fully saturated rings. The van der Waals surface area contributed by atoms with Gasteiger partial charge in [0, 0.05) is 12.5 Å². The molecule has 1 aliphatic rings. The molecule has 92 valence electrons. The normalized spacial score (nSPS) is 16.6. The molecule has 0 radical (unpaired) electrons. The number of amides is 1. The van der Waals surface area contributed by atoms with Crippen LogP contribution in [0.15, 0.2) is 18.2 Å². The zero-order valence-corrected chi connectivity index (χ0v) is 9.74. The van der Waals surface area contributed by atoms with E-state index >= 15 is 0 Å². The summed E-state index contributed by atoms with van der Waals surface area (Å²) in [4.78, 5) is 11.4. The van der Waals surface area contributed by atoms with Crippen LogP contribution in [0.4, 0.5) is 4.39 Å². The molecule has 1 unspecified atom stereocenters. The minimum Gasteiger partial charge on any atom is -0.387 e. The first kappa shape index (κ1) is 12.0. The van der Waals surface area contributed by atoms with E-state index in [1.807, 2.05) is 0 Å². The average Bonchev–Trinajstić information content (AvgIpc) is 3.13. The summed E-state index contributed by atoms with van der Waals surface area (Å²) in [6.07, 6.45) is 1.10. The maximum atomic E-state index is 13.0. The van der Waals surface area contributed by atoms with Gasteiger partial charge in [0.1, 0.15) is 5.82 Å². The third-order valence-corrected chi connectivity index (χ3v) is 2.98. The molecule has 2 N–H and O–H groups in total. The Hall–Kier alpha value is -1.42. The first-order chi connectivity index (χ1) is 8.08. The summed E-state index contributed by atoms with van der Waals surface area (Å²) in [6.45, 7) is 1.83. The zero-order valence-electron chi connectivity index (χ0n) is 9.74. The zero-order chi connectivity index (χ0) is 12.4. The molecule has 1 aromatic rings. The Morgan fingerprint density at radius 2 is 2.29 bits per heavy atom. The van der Waals surface area contributed by atoms with Crippen LogP contribution < -0.4 is 5.32 Å². The molecule has 0 heterocycles. The predicted molar refractivity (Wildman–Crippen MR) is 61.8 cm³/mol. The van der Waals surface area contributed by atoms with Crippen LogP contribution in [0.25, 0.3) is 0 Å². The van der Waals surface area contributed by atoms with Gasteiger partial charge in [0.15, 0.2) is 0 Å². The number of halogens is 1. The fourth-order valence-electron chi connectivity index (χ4n) is 1.68. The van der Waals surface area contributed by atoms with Crippen molar-refractivity contribution in [1.29, 1.82) is 0 Å². The van der Waals surface area contributed by atoms with Crippen LogP contribution in [0.3, 0.4) is 0 Å². The second-order valence-corrected chi connectivity index (χ2v) is 4.54. The van der Waals surface area contributed by atoms with Crippen molar-refractivity contribution in [3.05, 3.63) is 35.1 Å². The highest BCUT2D eigenvalue weighted by Crippen LogP contribution is 2.28. The van der Waals surface area contributed by atoms with Gasteiger partial charge in [0.05, 0.1) is 6.10 Å². The summed E-state index contributed by atoms with van der Waals surface area (Å²) in [5, 5.41) is 12.5. The summed E-state index contributed by atoms with van der Waals surface area (Å²) < 4.78 is 13.0. The maximum Gasteiger partial charge on any atom is 0.223 e. The Kier molecular flexibility index (Phi) is 3.43. The molecule has 1 saturated carbocycles. The number of aliphatic hydroxyl groups excluding tert-OH is 1. The van der Waals surface area contributed by atoms with E-state index in [0.717, 1.165) is 12.8 Å². The highest BCUT2D eigenvalue weighted by atomic mass is 19.1. The molecule has 0 aromatic heterocycles. The Bertz CT molecular complexity index is 429. The summed E-state index contributed by atoms with van der Waals surface area (Å²) in [6, 6.07) is 4.47. The molecule has 0 saturated heterocycles. The van der Waals surface area contributed by atoms with Crippen LogP contribution in [0.1, 0.15) is 30.1 Å². The smallest absolute Gasteiger partial charge is 0.223 e. The average molecular weight is 237 g/mol. The second-order valence-electron chi connectivity index (χ2n) is 4.54. The highest BCUT2D eigenvalue weighted by Gasteiger charge is 2.29. The Balaban J connectivity index is 1.91. The van der Waals surface area contributed by atoms with Crippen molar-refractivity contribution in [2.45, 2.75) is 25.9 Å². The standard InChI is InChI=1S/C13H16FNO2/c1-8-6-10(4-5-11(8)14)12(16)7-15-13(17)9-2-3-9/h4-6,9,12,16H,2-3,7H2,1H3,(H,15,17). The Morgan fingerprint density at radius 3 is 2.88 bits per heavy atom. The largest absolute Gasteiger partial charge is 0.387 e. The third-order valence-electron chi connectivity index (χ3n) is 2.98. The first-order valence-corrected chi connectivity index (χ1v) is 5.79. The molecule has 0 aliphatic heterocycles. The molecule has 1 aromatic carbocycles. The molecule has 2 rings (SSSR count). The molecule has 1 amide bonds. The van der Waals surface area contributed by atoms with Crippen LogP contribution in [0.5, 0.6) is 0 Å². The van der Waals surface area contributed by atoms with E-state index in [-0.39, 0.29) is 24.2 Å². The SMILES string of the molecule is Cc1cc(C(O)CNC(=O)C2CC2)ccc1F. The summed E-state index contributed by atoms with van der Waals surface area (Å²) in [5.74, 6) is -0.150. The van der Waals surface area contributed by atoms with Crippen LogP contribution >= 0.6 is 0 Å². The molecule has 0 spiro atoms. The molecule has 1 atom stereocenters. The molecular formula is C13H16FNO2. The van der Waals surface area contributed by atoms with E-state index in [0.29, 0.717) is 11.1 Å². The van der Waals surface area contributed by atoms with E-state index in [9.17, 15) is 14.3 Å². The lowest BCUT2D eigenvalue weighted by molar-refractivity contribution is -0.122. The third kappa shape index (κ3) is 3.03. The lowest BCUT2D eigenvalue weighted by Crippen LogP contribution is -2.29. The van der Waals surface area contributed by atoms with Crippen LogP contribution in [-0.2, 0) is 4.79 Å². The van der Waals surface area contributed by atoms with Gasteiger partial charge >= 0.3 is 0 Å². The fourth-order valence-corrected chi connectivity index (χ4v) is 1.68. The molecule has 17 heavy (non-hydrogen) atoms. The number of rotatable bonds is 4. The first-order valence-electron chi connectivity index (χ1n) is 5.79. The molecular weight excluding hydrogens is 221 g/mol. The van der Waals surface area contributed by atoms with Crippen molar-refractivity contribution in [1.82, 2.24) is 5.32 Å². The van der Waals surface area contributed by atoms with Gasteiger partial charge in [-0.25, -0.2) is 4.39 Å². The van der Waals surface area contributed by atoms with Gasteiger partial charge in [-0.05, 0) is 37.0 Å². The van der Waals surface area contributed by atoms with E-state index < -0.39 is 6.10 Å². The van der Waals surface area contributed by atoms with Crippen molar-refractivity contribution < 1.29 is 14.3 Å². The summed E-state index contributed by atoms with van der Waals surface area (Å²) in [5.41, 5.74) is 1.12. The predicted octanol–water partition coefficient (Wildman–Crippen LogP) is 1.69. The van der Waals surface area contributed by atoms with Crippen molar-refractivity contribution in [2.24, 2.45) is 5.92 Å². The highest BCUT2D eigenvalue weighted by molar-refractivity contribution is 5.80. The lowest BCUT2D eigenvalue weighted by Gasteiger charge is -2.13. The molecule has 1 aliphatic carbocycles. The number of aryl methyl sites for hydroxylation is 1. The van der Waals surface area contributed by atoms with E-state index in [2.05, 4.69) is 5.32 Å². The monoisotopic (exact) mass is 237 g/mol. The molecule has 3 nitrogen and oxygen atoms in total. The minimum atomic E-state index is -0.781. The van der Waals surface area contributed by atoms with Crippen molar-refractivity contribution in [3.63, 3.8) is 0 Å². The Labute approximate surface area is 99.7 Å². The topological polar surface area (TPSA) is 49.3 Å². The minimum absolute atomic E-state index is 0.00267. The number of benzene rings is 1. The van der Waals surface area contributed by atoms with Crippen molar-refractivity contribution >= 4 is 5.91 Å². The second kappa shape index (κ2) is 4.84. The lowest BCUT2D eigenvalue weighted by atomic mass is 10.1. The Morgan fingerprint density at radius 1 is 1.59 bits per heavy atom. The number of hydrogen-bond acceptors (Lipinski definition) is 2. The van der Waals surface area contributed by atoms with Crippen molar-refractivity contribution in [2.75, 3.05) is 6.54 Å². The van der Waals surface area contributed by atoms with Crippen molar-refractivity contribution in [3.8, 4) is 0 Å². The number of hydrogen-bond donors (Lipinski definition) is 2. The number of nitrogens with one attached hydrogen (secondary N) is 1. The fraction of sp³-hybridized carbons (Fsp3) is 0.462. The summed E-state index contributed by atoms with van der Waals surface area (Å²) in [7, 11) is 0. The molecule has 4 heteroatoms. The molecule has 0 bridgehead atoms. The van der Waals surface area contributed by atoms with E-state index in [4.69, 9.17) is 0 Å². The van der Waals surface area contributed by atoms with E-state index in [1.54, 1.807) is 13.0 Å². The van der Waals surface area contributed by atoms with Gasteiger partial charge in [0.2, 0.25) is 5.91 Å². The summed E-state index contributed by atoms with van der Waals surface area (Å²) >= 11 is 0. The quantitative estimate of drug-likeness (QED) is 0.837. The van der Waals surface area contributed by atoms with Crippen LogP contribution in [-0.4, -0.2) is 17.6 Å². The number of carbonyl (C=O) groups excluding carboxylic acids is 1. The van der Waals surface area contributed by atoms with Gasteiger partial charge in [-0.2, -0.15) is 0 Å². The van der Waals surface area contributed by atoms with E-state index in [1.165, 1.54) is 12.1 Å². The van der Waals surface area contributed by atoms with Gasteiger partial charge in [-0.15, -0.1) is 0 Å². The van der Waals surface area contributed by atoms with Crippen LogP contribution in [0.2, 0.25) is 0 Å². The van der Waals surface area contributed by atoms with Gasteiger partial charge in [-0.1, -0.05) is 12.1 Å². The number of aliphatic hydroxyl groups is 1. The van der Waals surface area contributed by atoms with Crippen LogP contribution in [0, 0.1) is 18.7 Å².